The highest BCUT2D eigenvalue weighted by atomic mass is 16.5. The van der Waals surface area contributed by atoms with E-state index in [-0.39, 0.29) is 11.9 Å². The van der Waals surface area contributed by atoms with Crippen LogP contribution in [0.3, 0.4) is 0 Å². The van der Waals surface area contributed by atoms with E-state index in [0.29, 0.717) is 12.5 Å². The summed E-state index contributed by atoms with van der Waals surface area (Å²) in [6.45, 7) is 5.72. The molecule has 1 heterocycles. The quantitative estimate of drug-likeness (QED) is 0.772. The third kappa shape index (κ3) is 4.47. The second-order valence-corrected chi connectivity index (χ2v) is 7.68. The Hall–Kier alpha value is -2.53. The first-order valence-corrected chi connectivity index (χ1v) is 9.98. The number of methoxy groups -OCH3 is 2. The number of hydrogen-bond donors (Lipinski definition) is 2. The van der Waals surface area contributed by atoms with Gasteiger partial charge in [-0.05, 0) is 29.7 Å². The molecule has 2 aromatic rings. The van der Waals surface area contributed by atoms with Crippen molar-refractivity contribution in [3.8, 4) is 11.5 Å². The number of likely N-dealkylation sites (tertiary alicyclic amines) is 1. The lowest BCUT2D eigenvalue weighted by Crippen LogP contribution is -3.11. The molecule has 1 unspecified atom stereocenters. The van der Waals surface area contributed by atoms with E-state index in [4.69, 9.17) is 9.47 Å². The smallest absolute Gasteiger partial charge is 0.279 e. The molecule has 0 aliphatic carbocycles. The number of nitrogens with one attached hydrogen (secondary N) is 2. The Morgan fingerprint density at radius 3 is 2.68 bits per heavy atom. The number of hydrogen-bond acceptors (Lipinski definition) is 3. The zero-order valence-corrected chi connectivity index (χ0v) is 17.2. The van der Waals surface area contributed by atoms with E-state index in [9.17, 15) is 4.79 Å². The van der Waals surface area contributed by atoms with Crippen molar-refractivity contribution in [2.75, 3.05) is 32.6 Å². The molecule has 3 rings (SSSR count). The Kier molecular flexibility index (Phi) is 6.57. The van der Waals surface area contributed by atoms with Crippen LogP contribution in [0.2, 0.25) is 0 Å². The van der Waals surface area contributed by atoms with Crippen molar-refractivity contribution in [2.45, 2.75) is 38.6 Å². The van der Waals surface area contributed by atoms with Crippen LogP contribution in [0.4, 0.5) is 5.69 Å². The van der Waals surface area contributed by atoms with Crippen LogP contribution in [-0.2, 0) is 4.79 Å². The van der Waals surface area contributed by atoms with Crippen molar-refractivity contribution in [1.29, 1.82) is 0 Å². The van der Waals surface area contributed by atoms with Gasteiger partial charge in [0.05, 0.1) is 26.3 Å². The number of quaternary nitrogens is 1. The molecule has 1 aliphatic rings. The third-order valence-corrected chi connectivity index (χ3v) is 5.54. The van der Waals surface area contributed by atoms with Gasteiger partial charge in [0.25, 0.3) is 5.91 Å². The zero-order valence-electron chi connectivity index (χ0n) is 17.2. The van der Waals surface area contributed by atoms with E-state index in [2.05, 4.69) is 31.3 Å². The number of benzene rings is 2. The molecule has 0 bridgehead atoms. The molecule has 28 heavy (non-hydrogen) atoms. The number of ether oxygens (including phenoxy) is 2. The molecule has 1 aliphatic heterocycles. The largest absolute Gasteiger partial charge is 0.497 e. The van der Waals surface area contributed by atoms with Gasteiger partial charge in [-0.1, -0.05) is 32.0 Å². The van der Waals surface area contributed by atoms with E-state index in [1.165, 1.54) is 10.5 Å². The van der Waals surface area contributed by atoms with E-state index in [1.54, 1.807) is 14.2 Å². The van der Waals surface area contributed by atoms with E-state index < -0.39 is 0 Å². The lowest BCUT2D eigenvalue weighted by atomic mass is 10.0. The monoisotopic (exact) mass is 383 g/mol. The molecule has 2 atom stereocenters. The summed E-state index contributed by atoms with van der Waals surface area (Å²) < 4.78 is 10.9. The van der Waals surface area contributed by atoms with Gasteiger partial charge in [0.15, 0.2) is 6.54 Å². The Balaban J connectivity index is 1.73. The minimum atomic E-state index is 0.0579. The highest BCUT2D eigenvalue weighted by molar-refractivity contribution is 5.92. The van der Waals surface area contributed by atoms with Gasteiger partial charge in [0.2, 0.25) is 0 Å². The van der Waals surface area contributed by atoms with Crippen LogP contribution >= 0.6 is 0 Å². The second kappa shape index (κ2) is 9.11. The van der Waals surface area contributed by atoms with Crippen LogP contribution < -0.4 is 19.7 Å². The van der Waals surface area contributed by atoms with Gasteiger partial charge < -0.3 is 19.7 Å². The number of rotatable bonds is 7. The molecule has 5 nitrogen and oxygen atoms in total. The molecule has 0 aromatic heterocycles. The molecule has 2 aromatic carbocycles. The maximum atomic E-state index is 12.8. The number of anilines is 1. The standard InChI is InChI=1S/C23H30N2O3/c1-16(2)18-8-5-6-9-20(18)24-23(26)15-25-13-7-10-21(25)19-12-11-17(27-3)14-22(19)28-4/h5-6,8-9,11-12,14,16,21H,7,10,13,15H2,1-4H3,(H,24,26)/p+1/t21-/m1/s1. The number of carbonyl (C=O) groups excluding carboxylic acids is 1. The van der Waals surface area contributed by atoms with Crippen LogP contribution in [0.1, 0.15) is 49.8 Å². The Bertz CT molecular complexity index is 819. The lowest BCUT2D eigenvalue weighted by molar-refractivity contribution is -0.910. The fourth-order valence-corrected chi connectivity index (χ4v) is 4.12. The summed E-state index contributed by atoms with van der Waals surface area (Å²) in [6.07, 6.45) is 2.15. The van der Waals surface area contributed by atoms with Crippen LogP contribution in [0.15, 0.2) is 42.5 Å². The minimum absolute atomic E-state index is 0.0579. The van der Waals surface area contributed by atoms with Crippen molar-refractivity contribution < 1.29 is 19.2 Å². The SMILES string of the molecule is COc1ccc([C@H]2CCC[NH+]2CC(=O)Nc2ccccc2C(C)C)c(OC)c1. The summed E-state index contributed by atoms with van der Waals surface area (Å²) in [5.74, 6) is 2.03. The number of amides is 1. The van der Waals surface area contributed by atoms with Crippen LogP contribution in [-0.4, -0.2) is 33.2 Å². The summed E-state index contributed by atoms with van der Waals surface area (Å²) in [7, 11) is 3.34. The molecule has 1 fully saturated rings. The van der Waals surface area contributed by atoms with Crippen LogP contribution in [0.5, 0.6) is 11.5 Å². The highest BCUT2D eigenvalue weighted by Crippen LogP contribution is 2.31. The predicted molar refractivity (Wildman–Crippen MR) is 111 cm³/mol. The van der Waals surface area contributed by atoms with Crippen molar-refractivity contribution in [3.05, 3.63) is 53.6 Å². The average molecular weight is 384 g/mol. The molecule has 1 amide bonds. The van der Waals surface area contributed by atoms with Crippen LogP contribution in [0, 0.1) is 0 Å². The van der Waals surface area contributed by atoms with Crippen molar-refractivity contribution >= 4 is 11.6 Å². The van der Waals surface area contributed by atoms with Crippen molar-refractivity contribution in [3.63, 3.8) is 0 Å². The maximum absolute atomic E-state index is 12.8. The zero-order chi connectivity index (χ0) is 20.1. The van der Waals surface area contributed by atoms with Gasteiger partial charge in [-0.3, -0.25) is 4.79 Å². The van der Waals surface area contributed by atoms with E-state index in [1.807, 2.05) is 30.3 Å². The summed E-state index contributed by atoms with van der Waals surface area (Å²) in [6, 6.07) is 14.3. The maximum Gasteiger partial charge on any atom is 0.279 e. The van der Waals surface area contributed by atoms with Gasteiger partial charge in [-0.25, -0.2) is 0 Å². The Morgan fingerprint density at radius 2 is 1.96 bits per heavy atom. The van der Waals surface area contributed by atoms with Gasteiger partial charge in [0, 0.05) is 24.6 Å². The van der Waals surface area contributed by atoms with Gasteiger partial charge in [-0.2, -0.15) is 0 Å². The molecule has 2 N–H and O–H groups in total. The minimum Gasteiger partial charge on any atom is -0.497 e. The van der Waals surface area contributed by atoms with E-state index >= 15 is 0 Å². The summed E-state index contributed by atoms with van der Waals surface area (Å²) in [4.78, 5) is 14.1. The van der Waals surface area contributed by atoms with E-state index in [0.717, 1.165) is 42.1 Å². The molecule has 0 spiro atoms. The molecule has 5 heteroatoms. The first-order valence-electron chi connectivity index (χ1n) is 9.98. The Morgan fingerprint density at radius 1 is 1.18 bits per heavy atom. The predicted octanol–water partition coefficient (Wildman–Crippen LogP) is 3.19. The molecular formula is C23H31N2O3+. The molecule has 150 valence electrons. The van der Waals surface area contributed by atoms with Crippen molar-refractivity contribution in [2.24, 2.45) is 0 Å². The second-order valence-electron chi connectivity index (χ2n) is 7.68. The summed E-state index contributed by atoms with van der Waals surface area (Å²) >= 11 is 0. The number of carbonyl (C=O) groups is 1. The summed E-state index contributed by atoms with van der Waals surface area (Å²) in [5, 5.41) is 3.13. The highest BCUT2D eigenvalue weighted by Gasteiger charge is 2.33. The first-order chi connectivity index (χ1) is 13.5. The van der Waals surface area contributed by atoms with Gasteiger partial charge in [0.1, 0.15) is 17.5 Å². The van der Waals surface area contributed by atoms with Crippen LogP contribution in [0.25, 0.3) is 0 Å². The topological polar surface area (TPSA) is 52.0 Å². The molecule has 0 radical (unpaired) electrons. The van der Waals surface area contributed by atoms with Gasteiger partial charge >= 0.3 is 0 Å². The average Bonchev–Trinajstić information content (AvgIpc) is 3.15. The van der Waals surface area contributed by atoms with Gasteiger partial charge in [-0.15, -0.1) is 0 Å². The summed E-state index contributed by atoms with van der Waals surface area (Å²) in [5.41, 5.74) is 3.23. The lowest BCUT2D eigenvalue weighted by Gasteiger charge is -2.23. The molecule has 0 saturated carbocycles. The fraction of sp³-hybridized carbons (Fsp3) is 0.435. The number of para-hydroxylation sites is 1. The van der Waals surface area contributed by atoms with Crippen molar-refractivity contribution in [1.82, 2.24) is 0 Å². The first kappa shape index (κ1) is 20.2. The Labute approximate surface area is 167 Å². The normalized spacial score (nSPS) is 18.9. The fourth-order valence-electron chi connectivity index (χ4n) is 4.12. The molecule has 1 saturated heterocycles. The molecular weight excluding hydrogens is 352 g/mol. The third-order valence-electron chi connectivity index (χ3n) is 5.54.